The third kappa shape index (κ3) is 6.88. The SMILES string of the molecule is CCC(C(=O)NC(C)C)N(Cc1ccc(Cl)cc1Cl)C(=O)COc1cc(C)cc(C)c1C. The number of nitrogens with one attached hydrogen (secondary N) is 1. The lowest BCUT2D eigenvalue weighted by Crippen LogP contribution is -2.51. The molecular weight excluding hydrogens is 447 g/mol. The smallest absolute Gasteiger partial charge is 0.261 e. The van der Waals surface area contributed by atoms with E-state index in [0.717, 1.165) is 16.7 Å². The predicted octanol–water partition coefficient (Wildman–Crippen LogP) is 5.63. The quantitative estimate of drug-likeness (QED) is 0.507. The lowest BCUT2D eigenvalue weighted by Gasteiger charge is -2.31. The first-order valence-corrected chi connectivity index (χ1v) is 11.5. The van der Waals surface area contributed by atoms with Gasteiger partial charge in [-0.2, -0.15) is 0 Å². The van der Waals surface area contributed by atoms with Gasteiger partial charge in [0.15, 0.2) is 6.61 Å². The van der Waals surface area contributed by atoms with Crippen LogP contribution in [0.2, 0.25) is 10.0 Å². The normalized spacial score (nSPS) is 11.9. The molecule has 1 unspecified atom stereocenters. The van der Waals surface area contributed by atoms with Crippen LogP contribution in [0.3, 0.4) is 0 Å². The van der Waals surface area contributed by atoms with Crippen molar-refractivity contribution in [2.45, 2.75) is 66.6 Å². The summed E-state index contributed by atoms with van der Waals surface area (Å²) in [4.78, 5) is 27.7. The van der Waals surface area contributed by atoms with E-state index in [1.165, 1.54) is 4.90 Å². The van der Waals surface area contributed by atoms with Crippen LogP contribution in [0.15, 0.2) is 30.3 Å². The van der Waals surface area contributed by atoms with E-state index in [-0.39, 0.29) is 31.0 Å². The highest BCUT2D eigenvalue weighted by molar-refractivity contribution is 6.35. The summed E-state index contributed by atoms with van der Waals surface area (Å²) in [5.74, 6) is 0.170. The molecule has 0 spiro atoms. The molecule has 0 fully saturated rings. The summed E-state index contributed by atoms with van der Waals surface area (Å²) in [5.41, 5.74) is 3.85. The molecule has 0 saturated carbocycles. The minimum atomic E-state index is -0.652. The monoisotopic (exact) mass is 478 g/mol. The van der Waals surface area contributed by atoms with Crippen molar-refractivity contribution in [3.63, 3.8) is 0 Å². The Morgan fingerprint density at radius 1 is 1.09 bits per heavy atom. The molecule has 2 aromatic rings. The Hall–Kier alpha value is -2.24. The molecule has 0 radical (unpaired) electrons. The third-order valence-electron chi connectivity index (χ3n) is 5.29. The van der Waals surface area contributed by atoms with Crippen LogP contribution in [0.4, 0.5) is 0 Å². The molecule has 0 heterocycles. The van der Waals surface area contributed by atoms with Crippen molar-refractivity contribution in [3.8, 4) is 5.75 Å². The van der Waals surface area contributed by atoms with Crippen LogP contribution in [-0.2, 0) is 16.1 Å². The van der Waals surface area contributed by atoms with Gasteiger partial charge in [0.2, 0.25) is 5.91 Å². The largest absolute Gasteiger partial charge is 0.483 e. The van der Waals surface area contributed by atoms with Crippen molar-refractivity contribution in [1.82, 2.24) is 10.2 Å². The Morgan fingerprint density at radius 3 is 2.38 bits per heavy atom. The van der Waals surface area contributed by atoms with Gasteiger partial charge in [0, 0.05) is 22.6 Å². The summed E-state index contributed by atoms with van der Waals surface area (Å²) in [6.45, 7) is 11.6. The van der Waals surface area contributed by atoms with Crippen LogP contribution in [0.1, 0.15) is 49.4 Å². The molecule has 0 aliphatic rings. The number of carbonyl (C=O) groups is 2. The fourth-order valence-electron chi connectivity index (χ4n) is 3.51. The molecule has 0 aromatic heterocycles. The molecule has 0 saturated heterocycles. The van der Waals surface area contributed by atoms with Crippen LogP contribution in [0.5, 0.6) is 5.75 Å². The zero-order valence-corrected chi connectivity index (χ0v) is 21.1. The van der Waals surface area contributed by atoms with E-state index < -0.39 is 6.04 Å². The van der Waals surface area contributed by atoms with E-state index in [1.807, 2.05) is 47.6 Å². The van der Waals surface area contributed by atoms with E-state index in [2.05, 4.69) is 11.4 Å². The first-order chi connectivity index (χ1) is 15.0. The summed E-state index contributed by atoms with van der Waals surface area (Å²) in [5, 5.41) is 3.86. The highest BCUT2D eigenvalue weighted by Crippen LogP contribution is 2.25. The maximum atomic E-state index is 13.3. The number of hydrogen-bond acceptors (Lipinski definition) is 3. The fraction of sp³-hybridized carbons (Fsp3) is 0.440. The second kappa shape index (κ2) is 11.6. The summed E-state index contributed by atoms with van der Waals surface area (Å²) in [6, 6.07) is 8.41. The lowest BCUT2D eigenvalue weighted by atomic mass is 10.1. The van der Waals surface area contributed by atoms with Crippen LogP contribution in [0, 0.1) is 20.8 Å². The minimum Gasteiger partial charge on any atom is -0.483 e. The highest BCUT2D eigenvalue weighted by Gasteiger charge is 2.30. The Bertz CT molecular complexity index is 976. The van der Waals surface area contributed by atoms with E-state index in [1.54, 1.807) is 18.2 Å². The zero-order chi connectivity index (χ0) is 24.0. The van der Waals surface area contributed by atoms with Crippen molar-refractivity contribution in [2.24, 2.45) is 0 Å². The number of rotatable bonds is 9. The van der Waals surface area contributed by atoms with Gasteiger partial charge in [0.05, 0.1) is 0 Å². The molecule has 2 rings (SSSR count). The molecule has 7 heteroatoms. The summed E-state index contributed by atoms with van der Waals surface area (Å²) in [7, 11) is 0. The predicted molar refractivity (Wildman–Crippen MR) is 131 cm³/mol. The first kappa shape index (κ1) is 26.0. The molecule has 5 nitrogen and oxygen atoms in total. The summed E-state index contributed by atoms with van der Waals surface area (Å²) < 4.78 is 5.91. The molecule has 2 aromatic carbocycles. The van der Waals surface area contributed by atoms with Gasteiger partial charge < -0.3 is 15.0 Å². The number of ether oxygens (including phenoxy) is 1. The number of halogens is 2. The van der Waals surface area contributed by atoms with Gasteiger partial charge in [-0.15, -0.1) is 0 Å². The number of carbonyl (C=O) groups excluding carboxylic acids is 2. The van der Waals surface area contributed by atoms with Crippen LogP contribution < -0.4 is 10.1 Å². The van der Waals surface area contributed by atoms with Crippen molar-refractivity contribution >= 4 is 35.0 Å². The van der Waals surface area contributed by atoms with Gasteiger partial charge in [-0.3, -0.25) is 9.59 Å². The number of aryl methyl sites for hydroxylation is 2. The van der Waals surface area contributed by atoms with Gasteiger partial charge in [-0.25, -0.2) is 0 Å². The number of benzene rings is 2. The molecular formula is C25H32Cl2N2O3. The van der Waals surface area contributed by atoms with E-state index >= 15 is 0 Å². The average Bonchev–Trinajstić information content (AvgIpc) is 2.70. The molecule has 1 atom stereocenters. The van der Waals surface area contributed by atoms with E-state index in [0.29, 0.717) is 27.8 Å². The van der Waals surface area contributed by atoms with Crippen LogP contribution in [-0.4, -0.2) is 35.4 Å². The Balaban J connectivity index is 2.31. The fourth-order valence-corrected chi connectivity index (χ4v) is 3.98. The van der Waals surface area contributed by atoms with Gasteiger partial charge in [-0.05, 0) is 81.5 Å². The van der Waals surface area contributed by atoms with E-state index in [4.69, 9.17) is 27.9 Å². The van der Waals surface area contributed by atoms with Crippen LogP contribution in [0.25, 0.3) is 0 Å². The highest BCUT2D eigenvalue weighted by atomic mass is 35.5. The van der Waals surface area contributed by atoms with Gasteiger partial charge >= 0.3 is 0 Å². The zero-order valence-electron chi connectivity index (χ0n) is 19.6. The lowest BCUT2D eigenvalue weighted by molar-refractivity contribution is -0.143. The molecule has 1 N–H and O–H groups in total. The van der Waals surface area contributed by atoms with Crippen molar-refractivity contribution in [2.75, 3.05) is 6.61 Å². The molecule has 32 heavy (non-hydrogen) atoms. The number of hydrogen-bond donors (Lipinski definition) is 1. The van der Waals surface area contributed by atoms with Gasteiger partial charge in [0.25, 0.3) is 5.91 Å². The summed E-state index contributed by atoms with van der Waals surface area (Å²) >= 11 is 12.4. The molecule has 0 bridgehead atoms. The standard InChI is InChI=1S/C25H32Cl2N2O3/c1-7-22(25(31)28-15(2)3)29(13-19-8-9-20(26)12-21(19)27)24(30)14-32-23-11-16(4)10-17(5)18(23)6/h8-12,15,22H,7,13-14H2,1-6H3,(H,28,31). The van der Waals surface area contributed by atoms with Gasteiger partial charge in [-0.1, -0.05) is 42.3 Å². The Kier molecular flexibility index (Phi) is 9.41. The van der Waals surface area contributed by atoms with Crippen molar-refractivity contribution in [1.29, 1.82) is 0 Å². The third-order valence-corrected chi connectivity index (χ3v) is 5.87. The molecule has 0 aliphatic heterocycles. The Labute approximate surface area is 201 Å². The second-order valence-electron chi connectivity index (χ2n) is 8.34. The van der Waals surface area contributed by atoms with E-state index in [9.17, 15) is 9.59 Å². The number of amides is 2. The topological polar surface area (TPSA) is 58.6 Å². The average molecular weight is 479 g/mol. The molecule has 0 aliphatic carbocycles. The van der Waals surface area contributed by atoms with Gasteiger partial charge in [0.1, 0.15) is 11.8 Å². The van der Waals surface area contributed by atoms with Crippen molar-refractivity contribution < 1.29 is 14.3 Å². The van der Waals surface area contributed by atoms with Crippen molar-refractivity contribution in [3.05, 3.63) is 62.6 Å². The maximum absolute atomic E-state index is 13.3. The number of nitrogens with zero attached hydrogens (tertiary/aromatic N) is 1. The first-order valence-electron chi connectivity index (χ1n) is 10.8. The Morgan fingerprint density at radius 2 is 1.78 bits per heavy atom. The maximum Gasteiger partial charge on any atom is 0.261 e. The minimum absolute atomic E-state index is 0.0400. The summed E-state index contributed by atoms with van der Waals surface area (Å²) in [6.07, 6.45) is 0.456. The second-order valence-corrected chi connectivity index (χ2v) is 9.18. The molecule has 2 amide bonds. The van der Waals surface area contributed by atoms with Crippen LogP contribution >= 0.6 is 23.2 Å². The molecule has 174 valence electrons.